The summed E-state index contributed by atoms with van der Waals surface area (Å²) in [6, 6.07) is 2.08. The molecule has 3 rings (SSSR count). The van der Waals surface area contributed by atoms with Gasteiger partial charge in [0.05, 0.1) is 10.2 Å². The smallest absolute Gasteiger partial charge is 0.147 e. The number of rotatable bonds is 4. The van der Waals surface area contributed by atoms with Crippen molar-refractivity contribution in [1.29, 1.82) is 0 Å². The van der Waals surface area contributed by atoms with Crippen LogP contribution < -0.4 is 5.32 Å². The fourth-order valence-corrected chi connectivity index (χ4v) is 3.54. The highest BCUT2D eigenvalue weighted by molar-refractivity contribution is 7.26. The summed E-state index contributed by atoms with van der Waals surface area (Å²) in [5, 5.41) is 13.2. The van der Waals surface area contributed by atoms with E-state index in [2.05, 4.69) is 33.3 Å². The highest BCUT2D eigenvalue weighted by Gasteiger charge is 2.14. The fourth-order valence-electron chi connectivity index (χ4n) is 2.32. The Balaban J connectivity index is 2.17. The fraction of sp³-hybridized carbons (Fsp3) is 0.357. The number of nitrogens with zero attached hydrogens (tertiary/aromatic N) is 3. The molecule has 0 aromatic carbocycles. The molecule has 0 aliphatic carbocycles. The second-order valence-corrected chi connectivity index (χ2v) is 5.77. The first-order chi connectivity index (χ1) is 9.70. The van der Waals surface area contributed by atoms with E-state index in [-0.39, 0.29) is 6.61 Å². The topological polar surface area (TPSA) is 70.9 Å². The molecule has 6 heteroatoms. The summed E-state index contributed by atoms with van der Waals surface area (Å²) in [7, 11) is 0. The van der Waals surface area contributed by atoms with Crippen LogP contribution in [0.5, 0.6) is 0 Å². The van der Waals surface area contributed by atoms with Crippen molar-refractivity contribution in [3.05, 3.63) is 23.7 Å². The van der Waals surface area contributed by atoms with Gasteiger partial charge in [0.15, 0.2) is 0 Å². The Morgan fingerprint density at radius 1 is 1.30 bits per heavy atom. The van der Waals surface area contributed by atoms with Crippen molar-refractivity contribution < 1.29 is 5.11 Å². The van der Waals surface area contributed by atoms with Crippen molar-refractivity contribution in [2.75, 3.05) is 18.5 Å². The van der Waals surface area contributed by atoms with E-state index < -0.39 is 0 Å². The largest absolute Gasteiger partial charge is 0.396 e. The summed E-state index contributed by atoms with van der Waals surface area (Å²) >= 11 is 1.61. The minimum atomic E-state index is 0.174. The number of pyridine rings is 1. The molecule has 0 amide bonds. The van der Waals surface area contributed by atoms with Gasteiger partial charge in [0.25, 0.3) is 0 Å². The highest BCUT2D eigenvalue weighted by atomic mass is 32.1. The molecular weight excluding hydrogens is 272 g/mol. The third-order valence-corrected chi connectivity index (χ3v) is 4.26. The van der Waals surface area contributed by atoms with E-state index in [1.54, 1.807) is 17.7 Å². The normalized spacial score (nSPS) is 11.3. The SMILES string of the molecule is Cc1cc(C)c2c(n1)sc1c(NCCCO)ncnc12. The number of hydrogen-bond acceptors (Lipinski definition) is 6. The summed E-state index contributed by atoms with van der Waals surface area (Å²) in [4.78, 5) is 14.3. The van der Waals surface area contributed by atoms with E-state index in [1.165, 1.54) is 5.56 Å². The van der Waals surface area contributed by atoms with Gasteiger partial charge >= 0.3 is 0 Å². The van der Waals surface area contributed by atoms with E-state index in [0.717, 1.165) is 31.9 Å². The van der Waals surface area contributed by atoms with Crippen LogP contribution in [-0.4, -0.2) is 33.2 Å². The maximum atomic E-state index is 8.86. The van der Waals surface area contributed by atoms with Crippen molar-refractivity contribution in [1.82, 2.24) is 15.0 Å². The Morgan fingerprint density at radius 2 is 2.15 bits per heavy atom. The maximum absolute atomic E-state index is 8.86. The lowest BCUT2D eigenvalue weighted by atomic mass is 10.1. The summed E-state index contributed by atoms with van der Waals surface area (Å²) in [5.41, 5.74) is 3.17. The zero-order valence-electron chi connectivity index (χ0n) is 11.5. The van der Waals surface area contributed by atoms with E-state index in [0.29, 0.717) is 13.0 Å². The molecule has 20 heavy (non-hydrogen) atoms. The molecule has 104 valence electrons. The van der Waals surface area contributed by atoms with Crippen LogP contribution in [0.3, 0.4) is 0 Å². The number of anilines is 1. The number of aryl methyl sites for hydroxylation is 2. The highest BCUT2D eigenvalue weighted by Crippen LogP contribution is 2.36. The van der Waals surface area contributed by atoms with Crippen molar-refractivity contribution >= 4 is 37.6 Å². The predicted octanol–water partition coefficient (Wildman–Crippen LogP) is 2.65. The monoisotopic (exact) mass is 288 g/mol. The first-order valence-electron chi connectivity index (χ1n) is 6.57. The molecule has 0 bridgehead atoms. The molecular formula is C14H16N4OS. The lowest BCUT2D eigenvalue weighted by Gasteiger charge is -2.04. The van der Waals surface area contributed by atoms with E-state index in [4.69, 9.17) is 5.11 Å². The Labute approximate surface area is 120 Å². The molecule has 3 aromatic rings. The number of aliphatic hydroxyl groups is 1. The van der Waals surface area contributed by atoms with Crippen molar-refractivity contribution in [3.8, 4) is 0 Å². The third-order valence-electron chi connectivity index (χ3n) is 3.18. The van der Waals surface area contributed by atoms with E-state index in [1.807, 2.05) is 6.92 Å². The minimum Gasteiger partial charge on any atom is -0.396 e. The van der Waals surface area contributed by atoms with Crippen LogP contribution in [0.1, 0.15) is 17.7 Å². The molecule has 3 aromatic heterocycles. The van der Waals surface area contributed by atoms with E-state index in [9.17, 15) is 0 Å². The van der Waals surface area contributed by atoms with Gasteiger partial charge in [0.1, 0.15) is 17.0 Å². The van der Waals surface area contributed by atoms with Gasteiger partial charge in [0.2, 0.25) is 0 Å². The molecule has 0 radical (unpaired) electrons. The molecule has 3 heterocycles. The van der Waals surface area contributed by atoms with Crippen LogP contribution in [0, 0.1) is 13.8 Å². The van der Waals surface area contributed by atoms with Gasteiger partial charge in [-0.15, -0.1) is 11.3 Å². The summed E-state index contributed by atoms with van der Waals surface area (Å²) in [6.45, 7) is 4.96. The lowest BCUT2D eigenvalue weighted by molar-refractivity contribution is 0.292. The van der Waals surface area contributed by atoms with Crippen LogP contribution in [0.2, 0.25) is 0 Å². The number of thiophene rings is 1. The average molecular weight is 288 g/mol. The van der Waals surface area contributed by atoms with Crippen molar-refractivity contribution in [2.45, 2.75) is 20.3 Å². The van der Waals surface area contributed by atoms with Gasteiger partial charge in [0, 0.05) is 24.2 Å². The first kappa shape index (κ1) is 13.2. The molecule has 0 fully saturated rings. The Hall–Kier alpha value is -1.79. The van der Waals surface area contributed by atoms with Gasteiger partial charge in [-0.3, -0.25) is 0 Å². The first-order valence-corrected chi connectivity index (χ1v) is 7.38. The Kier molecular flexibility index (Phi) is 3.50. The Bertz CT molecular complexity index is 769. The van der Waals surface area contributed by atoms with Crippen molar-refractivity contribution in [3.63, 3.8) is 0 Å². The van der Waals surface area contributed by atoms with Crippen LogP contribution >= 0.6 is 11.3 Å². The van der Waals surface area contributed by atoms with E-state index >= 15 is 0 Å². The summed E-state index contributed by atoms with van der Waals surface area (Å²) in [6.07, 6.45) is 2.28. The molecule has 0 aliphatic rings. The van der Waals surface area contributed by atoms with Gasteiger partial charge in [-0.25, -0.2) is 15.0 Å². The Morgan fingerprint density at radius 3 is 2.95 bits per heavy atom. The summed E-state index contributed by atoms with van der Waals surface area (Å²) in [5.74, 6) is 0.823. The van der Waals surface area contributed by atoms with Crippen LogP contribution in [0.4, 0.5) is 5.82 Å². The van der Waals surface area contributed by atoms with Crippen LogP contribution in [0.15, 0.2) is 12.4 Å². The number of fused-ring (bicyclic) bond motifs is 3. The molecule has 0 saturated heterocycles. The van der Waals surface area contributed by atoms with Crippen LogP contribution in [-0.2, 0) is 0 Å². The summed E-state index contributed by atoms with van der Waals surface area (Å²) < 4.78 is 1.03. The van der Waals surface area contributed by atoms with Crippen LogP contribution in [0.25, 0.3) is 20.4 Å². The molecule has 0 saturated carbocycles. The number of hydrogen-bond donors (Lipinski definition) is 2. The third kappa shape index (κ3) is 2.21. The van der Waals surface area contributed by atoms with Crippen molar-refractivity contribution in [2.24, 2.45) is 0 Å². The van der Waals surface area contributed by atoms with Gasteiger partial charge in [-0.05, 0) is 31.9 Å². The molecule has 2 N–H and O–H groups in total. The molecule has 0 atom stereocenters. The van der Waals surface area contributed by atoms with Gasteiger partial charge in [-0.1, -0.05) is 0 Å². The standard InChI is InChI=1S/C14H16N4OS/c1-8-6-9(2)18-14-10(8)11-12(20-14)13(17-7-16-11)15-4-3-5-19/h6-7,19H,3-5H2,1-2H3,(H,15,16,17). The predicted molar refractivity (Wildman–Crippen MR) is 82.4 cm³/mol. The minimum absolute atomic E-state index is 0.174. The second kappa shape index (κ2) is 5.30. The number of aliphatic hydroxyl groups excluding tert-OH is 1. The lowest BCUT2D eigenvalue weighted by Crippen LogP contribution is -2.05. The molecule has 0 spiro atoms. The average Bonchev–Trinajstić information content (AvgIpc) is 2.78. The van der Waals surface area contributed by atoms with Gasteiger partial charge < -0.3 is 10.4 Å². The molecule has 5 nitrogen and oxygen atoms in total. The second-order valence-electron chi connectivity index (χ2n) is 4.77. The zero-order valence-corrected chi connectivity index (χ0v) is 12.3. The maximum Gasteiger partial charge on any atom is 0.147 e. The molecule has 0 unspecified atom stereocenters. The van der Waals surface area contributed by atoms with Gasteiger partial charge in [-0.2, -0.15) is 0 Å². The number of nitrogens with one attached hydrogen (secondary N) is 1. The zero-order chi connectivity index (χ0) is 14.1. The number of aromatic nitrogens is 3. The quantitative estimate of drug-likeness (QED) is 0.722. The molecule has 0 aliphatic heterocycles.